The van der Waals surface area contributed by atoms with Crippen LogP contribution in [0.15, 0.2) is 24.3 Å². The average Bonchev–Trinajstić information content (AvgIpc) is 2.33. The van der Waals surface area contributed by atoms with E-state index in [0.29, 0.717) is 12.6 Å². The zero-order valence-electron chi connectivity index (χ0n) is 12.8. The van der Waals surface area contributed by atoms with Gasteiger partial charge in [-0.25, -0.2) is 0 Å². The minimum Gasteiger partial charge on any atom is -0.492 e. The van der Waals surface area contributed by atoms with Crippen LogP contribution in [0.2, 0.25) is 0 Å². The molecule has 0 aliphatic rings. The molecule has 0 spiro atoms. The van der Waals surface area contributed by atoms with Crippen LogP contribution in [0.4, 0.5) is 0 Å². The van der Waals surface area contributed by atoms with Crippen molar-refractivity contribution in [3.8, 4) is 5.75 Å². The van der Waals surface area contributed by atoms with Crippen LogP contribution in [0.1, 0.15) is 33.3 Å². The van der Waals surface area contributed by atoms with Gasteiger partial charge in [0.15, 0.2) is 0 Å². The Kier molecular flexibility index (Phi) is 6.32. The molecular weight excluding hydrogens is 238 g/mol. The summed E-state index contributed by atoms with van der Waals surface area (Å²) in [6.45, 7) is 12.6. The minimum absolute atomic E-state index is 0.0662. The fourth-order valence-corrected chi connectivity index (χ4v) is 1.58. The molecule has 3 heteroatoms. The van der Waals surface area contributed by atoms with Gasteiger partial charge < -0.3 is 14.8 Å². The van der Waals surface area contributed by atoms with Gasteiger partial charge in [0, 0.05) is 12.6 Å². The van der Waals surface area contributed by atoms with Crippen LogP contribution >= 0.6 is 0 Å². The molecule has 0 bridgehead atoms. The van der Waals surface area contributed by atoms with Gasteiger partial charge in [0.25, 0.3) is 0 Å². The third kappa shape index (κ3) is 7.85. The number of benzene rings is 1. The predicted octanol–water partition coefficient (Wildman–Crippen LogP) is 3.17. The molecule has 1 aromatic rings. The lowest BCUT2D eigenvalue weighted by Crippen LogP contribution is -2.35. The molecule has 1 rings (SSSR count). The van der Waals surface area contributed by atoms with E-state index in [1.807, 2.05) is 12.1 Å². The second kappa shape index (κ2) is 7.51. The van der Waals surface area contributed by atoms with Gasteiger partial charge in [-0.15, -0.1) is 0 Å². The van der Waals surface area contributed by atoms with Crippen molar-refractivity contribution in [2.45, 2.75) is 46.3 Å². The highest BCUT2D eigenvalue weighted by atomic mass is 16.5. The summed E-state index contributed by atoms with van der Waals surface area (Å²) in [7, 11) is 0. The molecule has 0 amide bonds. The number of aryl methyl sites for hydroxylation is 1. The topological polar surface area (TPSA) is 30.5 Å². The Balaban J connectivity index is 2.14. The van der Waals surface area contributed by atoms with E-state index < -0.39 is 0 Å². The molecule has 1 atom stereocenters. The highest BCUT2D eigenvalue weighted by Gasteiger charge is 2.09. The molecule has 0 saturated heterocycles. The summed E-state index contributed by atoms with van der Waals surface area (Å²) < 4.78 is 11.4. The molecule has 0 aliphatic carbocycles. The SMILES string of the molecule is Cc1ccc(OCC(C)NCCOC(C)(C)C)cc1. The van der Waals surface area contributed by atoms with Crippen molar-refractivity contribution >= 4 is 0 Å². The maximum atomic E-state index is 5.72. The Morgan fingerprint density at radius 1 is 1.16 bits per heavy atom. The number of ether oxygens (including phenoxy) is 2. The van der Waals surface area contributed by atoms with Crippen molar-refractivity contribution in [3.63, 3.8) is 0 Å². The van der Waals surface area contributed by atoms with Gasteiger partial charge in [0.2, 0.25) is 0 Å². The molecular formula is C16H27NO2. The first kappa shape index (κ1) is 16.0. The second-order valence-electron chi connectivity index (χ2n) is 5.94. The van der Waals surface area contributed by atoms with E-state index in [4.69, 9.17) is 9.47 Å². The Morgan fingerprint density at radius 3 is 2.37 bits per heavy atom. The van der Waals surface area contributed by atoms with Gasteiger partial charge in [-0.05, 0) is 46.8 Å². The highest BCUT2D eigenvalue weighted by molar-refractivity contribution is 5.26. The zero-order valence-corrected chi connectivity index (χ0v) is 12.8. The summed E-state index contributed by atoms with van der Waals surface area (Å²) in [6.07, 6.45) is 0. The van der Waals surface area contributed by atoms with Crippen molar-refractivity contribution < 1.29 is 9.47 Å². The highest BCUT2D eigenvalue weighted by Crippen LogP contribution is 2.11. The summed E-state index contributed by atoms with van der Waals surface area (Å²) >= 11 is 0. The Hall–Kier alpha value is -1.06. The van der Waals surface area contributed by atoms with Crippen LogP contribution in [0, 0.1) is 6.92 Å². The molecule has 0 saturated carbocycles. The van der Waals surface area contributed by atoms with Gasteiger partial charge in [-0.3, -0.25) is 0 Å². The number of hydrogen-bond acceptors (Lipinski definition) is 3. The van der Waals surface area contributed by atoms with E-state index in [2.05, 4.69) is 52.1 Å². The van der Waals surface area contributed by atoms with Crippen LogP contribution in [-0.4, -0.2) is 31.4 Å². The normalized spacial score (nSPS) is 13.3. The summed E-state index contributed by atoms with van der Waals surface area (Å²) in [5.74, 6) is 0.921. The molecule has 108 valence electrons. The average molecular weight is 265 g/mol. The van der Waals surface area contributed by atoms with Gasteiger partial charge >= 0.3 is 0 Å². The molecule has 19 heavy (non-hydrogen) atoms. The van der Waals surface area contributed by atoms with Crippen molar-refractivity contribution in [1.82, 2.24) is 5.32 Å². The quantitative estimate of drug-likeness (QED) is 0.768. The summed E-state index contributed by atoms with van der Waals surface area (Å²) in [5.41, 5.74) is 1.18. The van der Waals surface area contributed by atoms with Crippen molar-refractivity contribution in [2.24, 2.45) is 0 Å². The Bertz CT molecular complexity index is 354. The number of nitrogens with one attached hydrogen (secondary N) is 1. The van der Waals surface area contributed by atoms with Crippen LogP contribution < -0.4 is 10.1 Å². The van der Waals surface area contributed by atoms with Crippen molar-refractivity contribution in [1.29, 1.82) is 0 Å². The first-order valence-electron chi connectivity index (χ1n) is 6.93. The predicted molar refractivity (Wildman–Crippen MR) is 79.8 cm³/mol. The second-order valence-corrected chi connectivity index (χ2v) is 5.94. The molecule has 1 unspecified atom stereocenters. The number of rotatable bonds is 7. The standard InChI is InChI=1S/C16H27NO2/c1-13-6-8-15(9-7-13)18-12-14(2)17-10-11-19-16(3,4)5/h6-9,14,17H,10-12H2,1-5H3. The zero-order chi connectivity index (χ0) is 14.3. The van der Waals surface area contributed by atoms with Gasteiger partial charge in [-0.2, -0.15) is 0 Å². The van der Waals surface area contributed by atoms with Crippen LogP contribution in [-0.2, 0) is 4.74 Å². The molecule has 0 aliphatic heterocycles. The van der Waals surface area contributed by atoms with Gasteiger partial charge in [0.05, 0.1) is 12.2 Å². The Morgan fingerprint density at radius 2 is 1.79 bits per heavy atom. The molecule has 3 nitrogen and oxygen atoms in total. The van der Waals surface area contributed by atoms with E-state index in [1.54, 1.807) is 0 Å². The first-order chi connectivity index (χ1) is 8.87. The maximum absolute atomic E-state index is 5.72. The summed E-state index contributed by atoms with van der Waals surface area (Å²) in [6, 6.07) is 8.44. The van der Waals surface area contributed by atoms with Crippen molar-refractivity contribution in [3.05, 3.63) is 29.8 Å². The van der Waals surface area contributed by atoms with Crippen molar-refractivity contribution in [2.75, 3.05) is 19.8 Å². The van der Waals surface area contributed by atoms with E-state index >= 15 is 0 Å². The van der Waals surface area contributed by atoms with Gasteiger partial charge in [-0.1, -0.05) is 17.7 Å². The monoisotopic (exact) mass is 265 g/mol. The first-order valence-corrected chi connectivity index (χ1v) is 6.93. The molecule has 0 fully saturated rings. The fraction of sp³-hybridized carbons (Fsp3) is 0.625. The van der Waals surface area contributed by atoms with Crippen LogP contribution in [0.25, 0.3) is 0 Å². The maximum Gasteiger partial charge on any atom is 0.119 e. The third-order valence-corrected chi connectivity index (χ3v) is 2.65. The molecule has 1 aromatic carbocycles. The third-order valence-electron chi connectivity index (χ3n) is 2.65. The lowest BCUT2D eigenvalue weighted by Gasteiger charge is -2.21. The minimum atomic E-state index is -0.0662. The largest absolute Gasteiger partial charge is 0.492 e. The summed E-state index contributed by atoms with van der Waals surface area (Å²) in [4.78, 5) is 0. The molecule has 0 heterocycles. The lowest BCUT2D eigenvalue weighted by atomic mass is 10.2. The number of hydrogen-bond donors (Lipinski definition) is 1. The molecule has 1 N–H and O–H groups in total. The molecule has 0 radical (unpaired) electrons. The lowest BCUT2D eigenvalue weighted by molar-refractivity contribution is -0.00184. The van der Waals surface area contributed by atoms with E-state index in [0.717, 1.165) is 18.9 Å². The molecule has 0 aromatic heterocycles. The fourth-order valence-electron chi connectivity index (χ4n) is 1.58. The van der Waals surface area contributed by atoms with E-state index in [-0.39, 0.29) is 5.60 Å². The van der Waals surface area contributed by atoms with Crippen LogP contribution in [0.5, 0.6) is 5.75 Å². The van der Waals surface area contributed by atoms with Gasteiger partial charge in [0.1, 0.15) is 12.4 Å². The smallest absolute Gasteiger partial charge is 0.119 e. The summed E-state index contributed by atoms with van der Waals surface area (Å²) in [5, 5.41) is 3.39. The van der Waals surface area contributed by atoms with E-state index in [9.17, 15) is 0 Å². The van der Waals surface area contributed by atoms with Crippen LogP contribution in [0.3, 0.4) is 0 Å². The Labute approximate surface area is 117 Å². The van der Waals surface area contributed by atoms with E-state index in [1.165, 1.54) is 5.56 Å².